The number of rotatable bonds is 3. The molecule has 1 fully saturated rings. The Balaban J connectivity index is 2.24. The van der Waals surface area contributed by atoms with Crippen molar-refractivity contribution in [2.75, 3.05) is 18.1 Å². The van der Waals surface area contributed by atoms with Gasteiger partial charge in [0, 0.05) is 12.3 Å². The summed E-state index contributed by atoms with van der Waals surface area (Å²) in [6.07, 6.45) is 1.62. The number of ether oxygens (including phenoxy) is 1. The second-order valence-electron chi connectivity index (χ2n) is 4.44. The van der Waals surface area contributed by atoms with Crippen LogP contribution in [0.25, 0.3) is 0 Å². The van der Waals surface area contributed by atoms with Gasteiger partial charge in [-0.05, 0) is 43.5 Å². The molecule has 0 bridgehead atoms. The maximum absolute atomic E-state index is 12.2. The number of hydrogen-bond donors (Lipinski definition) is 1. The van der Waals surface area contributed by atoms with Crippen molar-refractivity contribution >= 4 is 15.5 Å². The number of benzene rings is 1. The van der Waals surface area contributed by atoms with E-state index in [1.165, 1.54) is 0 Å². The number of sulfone groups is 1. The molecule has 1 atom stereocenters. The van der Waals surface area contributed by atoms with Crippen molar-refractivity contribution in [3.63, 3.8) is 0 Å². The molecule has 0 aromatic heterocycles. The van der Waals surface area contributed by atoms with E-state index in [0.717, 1.165) is 12.8 Å². The van der Waals surface area contributed by atoms with E-state index < -0.39 is 9.84 Å². The Bertz CT molecular complexity index is 504. The van der Waals surface area contributed by atoms with Gasteiger partial charge < -0.3 is 10.5 Å². The van der Waals surface area contributed by atoms with Gasteiger partial charge in [0.25, 0.3) is 0 Å². The van der Waals surface area contributed by atoms with Gasteiger partial charge in [-0.15, -0.1) is 0 Å². The molecule has 1 aliphatic heterocycles. The van der Waals surface area contributed by atoms with E-state index in [2.05, 4.69) is 0 Å². The average Bonchev–Trinajstić information content (AvgIpc) is 2.68. The molecule has 1 aromatic rings. The lowest BCUT2D eigenvalue weighted by Crippen LogP contribution is -2.20. The smallest absolute Gasteiger partial charge is 0.181 e. The number of aryl methyl sites for hydroxylation is 1. The fraction of sp³-hybridized carbons (Fsp3) is 0.500. The fourth-order valence-corrected chi connectivity index (χ4v) is 3.89. The van der Waals surface area contributed by atoms with E-state index in [1.807, 2.05) is 0 Å². The first kappa shape index (κ1) is 12.4. The van der Waals surface area contributed by atoms with Crippen LogP contribution in [0, 0.1) is 6.92 Å². The summed E-state index contributed by atoms with van der Waals surface area (Å²) in [6, 6.07) is 4.88. The monoisotopic (exact) mass is 255 g/mol. The zero-order valence-electron chi connectivity index (χ0n) is 9.85. The van der Waals surface area contributed by atoms with Crippen molar-refractivity contribution in [1.82, 2.24) is 0 Å². The van der Waals surface area contributed by atoms with Gasteiger partial charge in [-0.25, -0.2) is 8.42 Å². The van der Waals surface area contributed by atoms with Crippen molar-refractivity contribution in [3.05, 3.63) is 23.8 Å². The summed E-state index contributed by atoms with van der Waals surface area (Å²) in [5.74, 6) is 0.0672. The summed E-state index contributed by atoms with van der Waals surface area (Å²) in [5, 5.41) is 0. The van der Waals surface area contributed by atoms with Crippen LogP contribution in [-0.4, -0.2) is 26.9 Å². The Hall–Kier alpha value is -1.07. The van der Waals surface area contributed by atoms with E-state index in [-0.39, 0.29) is 11.9 Å². The molecule has 0 amide bonds. The molecule has 0 spiro atoms. The zero-order chi connectivity index (χ0) is 12.5. The summed E-state index contributed by atoms with van der Waals surface area (Å²) >= 11 is 0. The summed E-state index contributed by atoms with van der Waals surface area (Å²) in [5.41, 5.74) is 6.89. The van der Waals surface area contributed by atoms with Crippen LogP contribution >= 0.6 is 0 Å². The second-order valence-corrected chi connectivity index (χ2v) is 6.44. The van der Waals surface area contributed by atoms with Crippen LogP contribution in [0.15, 0.2) is 23.1 Å². The lowest BCUT2D eigenvalue weighted by Gasteiger charge is -2.12. The lowest BCUT2D eigenvalue weighted by atomic mass is 10.2. The highest BCUT2D eigenvalue weighted by molar-refractivity contribution is 7.91. The van der Waals surface area contributed by atoms with E-state index in [0.29, 0.717) is 22.8 Å². The van der Waals surface area contributed by atoms with Gasteiger partial charge in [-0.3, -0.25) is 0 Å². The molecule has 2 N–H and O–H groups in total. The number of nitrogen functional groups attached to an aromatic ring is 1. The standard InChI is InChI=1S/C12H17NO3S/c1-9-7-10(13)4-5-12(9)17(14,15)8-11-3-2-6-16-11/h4-5,7,11H,2-3,6,8,13H2,1H3. The SMILES string of the molecule is Cc1cc(N)ccc1S(=O)(=O)CC1CCCO1. The summed E-state index contributed by atoms with van der Waals surface area (Å²) < 4.78 is 29.8. The highest BCUT2D eigenvalue weighted by atomic mass is 32.2. The lowest BCUT2D eigenvalue weighted by molar-refractivity contribution is 0.127. The Labute approximate surface area is 102 Å². The Morgan fingerprint density at radius 3 is 2.82 bits per heavy atom. The molecular formula is C12H17NO3S. The van der Waals surface area contributed by atoms with Gasteiger partial charge in [0.1, 0.15) is 0 Å². The molecule has 1 aromatic carbocycles. The predicted octanol–water partition coefficient (Wildman–Crippen LogP) is 1.53. The molecule has 0 saturated carbocycles. The topological polar surface area (TPSA) is 69.4 Å². The third-order valence-electron chi connectivity index (χ3n) is 2.96. The van der Waals surface area contributed by atoms with Crippen molar-refractivity contribution in [2.24, 2.45) is 0 Å². The molecule has 1 unspecified atom stereocenters. The van der Waals surface area contributed by atoms with Crippen LogP contribution in [0.3, 0.4) is 0 Å². The van der Waals surface area contributed by atoms with Gasteiger partial charge in [0.15, 0.2) is 9.84 Å². The zero-order valence-corrected chi connectivity index (χ0v) is 10.7. The first-order chi connectivity index (χ1) is 7.99. The number of nitrogens with two attached hydrogens (primary N) is 1. The third-order valence-corrected chi connectivity index (χ3v) is 4.90. The molecule has 17 heavy (non-hydrogen) atoms. The van der Waals surface area contributed by atoms with E-state index in [1.54, 1.807) is 25.1 Å². The van der Waals surface area contributed by atoms with Gasteiger partial charge in [0.2, 0.25) is 0 Å². The van der Waals surface area contributed by atoms with Crippen LogP contribution in [0.2, 0.25) is 0 Å². The van der Waals surface area contributed by atoms with E-state index in [4.69, 9.17) is 10.5 Å². The van der Waals surface area contributed by atoms with Crippen molar-refractivity contribution in [3.8, 4) is 0 Å². The Morgan fingerprint density at radius 2 is 2.24 bits per heavy atom. The van der Waals surface area contributed by atoms with Crippen LogP contribution in [-0.2, 0) is 14.6 Å². The van der Waals surface area contributed by atoms with Crippen LogP contribution in [0.4, 0.5) is 5.69 Å². The minimum atomic E-state index is -3.27. The second kappa shape index (κ2) is 4.66. The van der Waals surface area contributed by atoms with Gasteiger partial charge >= 0.3 is 0 Å². The highest BCUT2D eigenvalue weighted by Gasteiger charge is 2.25. The third kappa shape index (κ3) is 2.79. The van der Waals surface area contributed by atoms with E-state index >= 15 is 0 Å². The van der Waals surface area contributed by atoms with Crippen molar-refractivity contribution in [1.29, 1.82) is 0 Å². The van der Waals surface area contributed by atoms with Gasteiger partial charge in [-0.2, -0.15) is 0 Å². The molecule has 1 heterocycles. The minimum absolute atomic E-state index is 0.0672. The van der Waals surface area contributed by atoms with Crippen molar-refractivity contribution < 1.29 is 13.2 Å². The molecule has 1 aliphatic rings. The average molecular weight is 255 g/mol. The van der Waals surface area contributed by atoms with E-state index in [9.17, 15) is 8.42 Å². The first-order valence-electron chi connectivity index (χ1n) is 5.69. The maximum Gasteiger partial charge on any atom is 0.181 e. The molecule has 5 heteroatoms. The predicted molar refractivity (Wildman–Crippen MR) is 66.6 cm³/mol. The number of anilines is 1. The Morgan fingerprint density at radius 1 is 1.47 bits per heavy atom. The summed E-state index contributed by atoms with van der Waals surface area (Å²) in [7, 11) is -3.27. The molecule has 4 nitrogen and oxygen atoms in total. The highest BCUT2D eigenvalue weighted by Crippen LogP contribution is 2.22. The number of hydrogen-bond acceptors (Lipinski definition) is 4. The molecular weight excluding hydrogens is 238 g/mol. The summed E-state index contributed by atoms with van der Waals surface area (Å²) in [4.78, 5) is 0.363. The van der Waals surface area contributed by atoms with Gasteiger partial charge in [-0.1, -0.05) is 0 Å². The van der Waals surface area contributed by atoms with Crippen LogP contribution in [0.1, 0.15) is 18.4 Å². The van der Waals surface area contributed by atoms with Crippen LogP contribution < -0.4 is 5.73 Å². The molecule has 94 valence electrons. The summed E-state index contributed by atoms with van der Waals surface area (Å²) in [6.45, 7) is 2.43. The molecule has 2 rings (SSSR count). The largest absolute Gasteiger partial charge is 0.399 e. The van der Waals surface area contributed by atoms with Crippen molar-refractivity contribution in [2.45, 2.75) is 30.8 Å². The Kier molecular flexibility index (Phi) is 3.40. The van der Waals surface area contributed by atoms with Gasteiger partial charge in [0.05, 0.1) is 16.8 Å². The maximum atomic E-state index is 12.2. The van der Waals surface area contributed by atoms with Crippen LogP contribution in [0.5, 0.6) is 0 Å². The normalized spacial score (nSPS) is 20.6. The molecule has 1 saturated heterocycles. The minimum Gasteiger partial charge on any atom is -0.399 e. The molecule has 0 radical (unpaired) electrons. The first-order valence-corrected chi connectivity index (χ1v) is 7.35. The quantitative estimate of drug-likeness (QED) is 0.832. The molecule has 0 aliphatic carbocycles. The fourth-order valence-electron chi connectivity index (χ4n) is 2.13.